The van der Waals surface area contributed by atoms with Crippen LogP contribution in [0.5, 0.6) is 5.75 Å². The number of hydrogen-bond acceptors (Lipinski definition) is 3. The van der Waals surface area contributed by atoms with E-state index in [0.717, 1.165) is 36.9 Å². The Labute approximate surface area is 163 Å². The van der Waals surface area contributed by atoms with E-state index in [1.165, 1.54) is 19.2 Å². The number of carbonyl (C=O) groups excluding carboxylic acids is 1. The van der Waals surface area contributed by atoms with Gasteiger partial charge in [0.15, 0.2) is 11.4 Å². The summed E-state index contributed by atoms with van der Waals surface area (Å²) in [5.74, 6) is -0.169. The fraction of sp³-hybridized carbons (Fsp3) is 0.273. The van der Waals surface area contributed by atoms with Crippen LogP contribution in [0.25, 0.3) is 5.69 Å². The Balaban J connectivity index is 1.65. The minimum absolute atomic E-state index is 0.236. The summed E-state index contributed by atoms with van der Waals surface area (Å²) in [4.78, 5) is 13.1. The van der Waals surface area contributed by atoms with Crippen LogP contribution in [0, 0.1) is 5.82 Å². The molecule has 1 N–H and O–H groups in total. The molecule has 1 heterocycles. The fourth-order valence-corrected chi connectivity index (χ4v) is 3.89. The summed E-state index contributed by atoms with van der Waals surface area (Å²) in [6, 6.07) is 15.9. The van der Waals surface area contributed by atoms with E-state index in [0.29, 0.717) is 5.75 Å². The molecule has 4 rings (SSSR count). The van der Waals surface area contributed by atoms with E-state index in [1.807, 2.05) is 30.3 Å². The summed E-state index contributed by atoms with van der Waals surface area (Å²) >= 11 is 0. The predicted octanol–water partition coefficient (Wildman–Crippen LogP) is 4.22. The summed E-state index contributed by atoms with van der Waals surface area (Å²) in [6.07, 6.45) is 5.34. The molecule has 5 nitrogen and oxygen atoms in total. The van der Waals surface area contributed by atoms with Gasteiger partial charge in [-0.1, -0.05) is 43.2 Å². The second-order valence-corrected chi connectivity index (χ2v) is 7.08. The highest BCUT2D eigenvalue weighted by Crippen LogP contribution is 2.39. The van der Waals surface area contributed by atoms with Gasteiger partial charge in [0.05, 0.1) is 24.5 Å². The molecule has 1 aromatic heterocycles. The maximum Gasteiger partial charge on any atom is 0.276 e. The summed E-state index contributed by atoms with van der Waals surface area (Å²) in [6.45, 7) is 0. The Hall–Kier alpha value is -3.15. The number of para-hydroxylation sites is 1. The van der Waals surface area contributed by atoms with Crippen molar-refractivity contribution in [2.45, 2.75) is 31.2 Å². The van der Waals surface area contributed by atoms with E-state index in [4.69, 9.17) is 4.74 Å². The van der Waals surface area contributed by atoms with Gasteiger partial charge in [0, 0.05) is 0 Å². The first-order chi connectivity index (χ1) is 13.6. The van der Waals surface area contributed by atoms with Crippen molar-refractivity contribution in [3.63, 3.8) is 0 Å². The first-order valence-electron chi connectivity index (χ1n) is 9.39. The number of nitrogens with one attached hydrogen (secondary N) is 1. The third kappa shape index (κ3) is 3.38. The number of nitrogens with zero attached hydrogens (tertiary/aromatic N) is 2. The molecule has 1 aliphatic carbocycles. The summed E-state index contributed by atoms with van der Waals surface area (Å²) in [5.41, 5.74) is 1.49. The zero-order valence-electron chi connectivity index (χ0n) is 15.7. The van der Waals surface area contributed by atoms with Crippen LogP contribution in [-0.4, -0.2) is 22.8 Å². The second-order valence-electron chi connectivity index (χ2n) is 7.08. The first-order valence-corrected chi connectivity index (χ1v) is 9.39. The van der Waals surface area contributed by atoms with Crippen molar-refractivity contribution in [3.8, 4) is 11.4 Å². The normalized spacial score (nSPS) is 15.4. The summed E-state index contributed by atoms with van der Waals surface area (Å²) in [7, 11) is 1.52. The van der Waals surface area contributed by atoms with Gasteiger partial charge in [-0.3, -0.25) is 4.79 Å². The lowest BCUT2D eigenvalue weighted by Crippen LogP contribution is -2.44. The Morgan fingerprint density at radius 1 is 1.11 bits per heavy atom. The van der Waals surface area contributed by atoms with Gasteiger partial charge in [-0.2, -0.15) is 5.10 Å². The molecule has 1 aliphatic rings. The van der Waals surface area contributed by atoms with Crippen LogP contribution >= 0.6 is 0 Å². The molecule has 0 unspecified atom stereocenters. The highest BCUT2D eigenvalue weighted by atomic mass is 19.1. The highest BCUT2D eigenvalue weighted by molar-refractivity contribution is 5.95. The van der Waals surface area contributed by atoms with E-state index in [9.17, 15) is 9.18 Å². The minimum Gasteiger partial charge on any atom is -0.493 e. The van der Waals surface area contributed by atoms with Crippen LogP contribution in [0.3, 0.4) is 0 Å². The number of carbonyl (C=O) groups is 1. The van der Waals surface area contributed by atoms with Crippen molar-refractivity contribution in [1.82, 2.24) is 15.1 Å². The lowest BCUT2D eigenvalue weighted by molar-refractivity contribution is 0.0889. The number of amides is 1. The van der Waals surface area contributed by atoms with Crippen molar-refractivity contribution in [2.75, 3.05) is 7.11 Å². The predicted molar refractivity (Wildman–Crippen MR) is 104 cm³/mol. The third-order valence-electron chi connectivity index (χ3n) is 5.34. The topological polar surface area (TPSA) is 56.2 Å². The van der Waals surface area contributed by atoms with Gasteiger partial charge in [0.1, 0.15) is 5.82 Å². The van der Waals surface area contributed by atoms with Gasteiger partial charge >= 0.3 is 0 Å². The van der Waals surface area contributed by atoms with Crippen LogP contribution in [0.2, 0.25) is 0 Å². The molecule has 2 aromatic carbocycles. The fourth-order valence-electron chi connectivity index (χ4n) is 3.89. The third-order valence-corrected chi connectivity index (χ3v) is 5.34. The van der Waals surface area contributed by atoms with Crippen LogP contribution < -0.4 is 10.1 Å². The minimum atomic E-state index is -0.508. The van der Waals surface area contributed by atoms with Gasteiger partial charge in [-0.15, -0.1) is 0 Å². The molecule has 0 aliphatic heterocycles. The van der Waals surface area contributed by atoms with Crippen LogP contribution in [0.1, 0.15) is 41.7 Å². The molecular formula is C22H22FN3O2. The maximum absolute atomic E-state index is 13.4. The zero-order valence-corrected chi connectivity index (χ0v) is 15.7. The Bertz CT molecular complexity index is 961. The molecule has 6 heteroatoms. The lowest BCUT2D eigenvalue weighted by atomic mass is 9.88. The number of ether oxygens (including phenoxy) is 1. The molecule has 3 aromatic rings. The molecular weight excluding hydrogens is 357 g/mol. The van der Waals surface area contributed by atoms with E-state index in [-0.39, 0.29) is 17.4 Å². The van der Waals surface area contributed by atoms with Crippen molar-refractivity contribution in [2.24, 2.45) is 0 Å². The quantitative estimate of drug-likeness (QED) is 0.722. The SMILES string of the molecule is COc1cn(-c2ccccc2)nc1C(=O)NC1(c2ccc(F)cc2)CCCC1. The maximum atomic E-state index is 13.4. The standard InChI is InChI=1S/C22H22FN3O2/c1-28-19-15-26(18-7-3-2-4-8-18)25-20(19)21(27)24-22(13-5-6-14-22)16-9-11-17(23)12-10-16/h2-4,7-12,15H,5-6,13-14H2,1H3,(H,24,27). The lowest BCUT2D eigenvalue weighted by Gasteiger charge is -2.31. The summed E-state index contributed by atoms with van der Waals surface area (Å²) < 4.78 is 20.4. The second kappa shape index (κ2) is 7.46. The average molecular weight is 379 g/mol. The number of methoxy groups -OCH3 is 1. The van der Waals surface area contributed by atoms with Gasteiger partial charge in [-0.05, 0) is 42.7 Å². The molecule has 0 radical (unpaired) electrons. The molecule has 0 atom stereocenters. The Morgan fingerprint density at radius 3 is 2.43 bits per heavy atom. The first kappa shape index (κ1) is 18.2. The van der Waals surface area contributed by atoms with Crippen molar-refractivity contribution in [1.29, 1.82) is 0 Å². The molecule has 0 bridgehead atoms. The zero-order chi connectivity index (χ0) is 19.6. The molecule has 28 heavy (non-hydrogen) atoms. The van der Waals surface area contributed by atoms with E-state index >= 15 is 0 Å². The monoisotopic (exact) mass is 379 g/mol. The number of benzene rings is 2. The van der Waals surface area contributed by atoms with Crippen LogP contribution in [-0.2, 0) is 5.54 Å². The molecule has 0 spiro atoms. The molecule has 1 fully saturated rings. The molecule has 1 saturated carbocycles. The number of hydrogen-bond donors (Lipinski definition) is 1. The smallest absolute Gasteiger partial charge is 0.276 e. The van der Waals surface area contributed by atoms with Crippen molar-refractivity contribution in [3.05, 3.63) is 77.9 Å². The molecule has 1 amide bonds. The van der Waals surface area contributed by atoms with Gasteiger partial charge in [0.25, 0.3) is 5.91 Å². The largest absolute Gasteiger partial charge is 0.493 e. The number of aromatic nitrogens is 2. The van der Waals surface area contributed by atoms with Gasteiger partial charge in [-0.25, -0.2) is 9.07 Å². The van der Waals surface area contributed by atoms with Crippen molar-refractivity contribution >= 4 is 5.91 Å². The van der Waals surface area contributed by atoms with E-state index in [1.54, 1.807) is 23.0 Å². The Kier molecular flexibility index (Phi) is 4.86. The van der Waals surface area contributed by atoms with Gasteiger partial charge in [0.2, 0.25) is 0 Å². The van der Waals surface area contributed by atoms with Crippen molar-refractivity contribution < 1.29 is 13.9 Å². The molecule has 0 saturated heterocycles. The highest BCUT2D eigenvalue weighted by Gasteiger charge is 2.38. The van der Waals surface area contributed by atoms with Crippen LogP contribution in [0.4, 0.5) is 4.39 Å². The molecule has 144 valence electrons. The number of halogens is 1. The Morgan fingerprint density at radius 2 is 1.79 bits per heavy atom. The van der Waals surface area contributed by atoms with E-state index in [2.05, 4.69) is 10.4 Å². The van der Waals surface area contributed by atoms with Gasteiger partial charge < -0.3 is 10.1 Å². The van der Waals surface area contributed by atoms with Crippen LogP contribution in [0.15, 0.2) is 60.8 Å². The average Bonchev–Trinajstić information content (AvgIpc) is 3.37. The summed E-state index contributed by atoms with van der Waals surface area (Å²) in [5, 5.41) is 7.62. The van der Waals surface area contributed by atoms with E-state index < -0.39 is 5.54 Å². The number of rotatable bonds is 5.